The predicted molar refractivity (Wildman–Crippen MR) is 117 cm³/mol. The molecule has 1 aliphatic rings. The normalized spacial score (nSPS) is 13.4. The highest BCUT2D eigenvalue weighted by atomic mass is 35.5. The largest absolute Gasteiger partial charge is 0.450 e. The van der Waals surface area contributed by atoms with E-state index < -0.39 is 0 Å². The molecule has 1 aromatic carbocycles. The van der Waals surface area contributed by atoms with E-state index in [0.717, 1.165) is 35.8 Å². The summed E-state index contributed by atoms with van der Waals surface area (Å²) in [6, 6.07) is 11.5. The van der Waals surface area contributed by atoms with Gasteiger partial charge in [-0.25, -0.2) is 4.79 Å². The molecular formula is C22H24Cl2N2O3. The number of hydrogen-bond donors (Lipinski definition) is 0. The van der Waals surface area contributed by atoms with Crippen molar-refractivity contribution in [1.82, 2.24) is 9.88 Å². The van der Waals surface area contributed by atoms with Gasteiger partial charge in [-0.1, -0.05) is 35.4 Å². The summed E-state index contributed by atoms with van der Waals surface area (Å²) in [5.74, 6) is 0. The molecule has 3 rings (SSSR count). The summed E-state index contributed by atoms with van der Waals surface area (Å²) in [6.07, 6.45) is 4.27. The van der Waals surface area contributed by atoms with Crippen molar-refractivity contribution in [1.29, 1.82) is 0 Å². The number of nitrogens with zero attached hydrogens (tertiary/aromatic N) is 2. The molecular weight excluding hydrogens is 411 g/mol. The zero-order valence-corrected chi connectivity index (χ0v) is 17.8. The third-order valence-corrected chi connectivity index (χ3v) is 5.13. The Morgan fingerprint density at radius 2 is 2.00 bits per heavy atom. The smallest absolute Gasteiger partial charge is 0.409 e. The number of carbonyl (C=O) groups is 2. The van der Waals surface area contributed by atoms with Crippen LogP contribution in [0, 0.1) is 0 Å². The van der Waals surface area contributed by atoms with E-state index in [2.05, 4.69) is 4.98 Å². The summed E-state index contributed by atoms with van der Waals surface area (Å²) in [4.78, 5) is 29.3. The van der Waals surface area contributed by atoms with Crippen LogP contribution in [-0.4, -0.2) is 42.0 Å². The average molecular weight is 435 g/mol. The molecule has 0 atom stereocenters. The zero-order valence-electron chi connectivity index (χ0n) is 16.3. The lowest BCUT2D eigenvalue weighted by molar-refractivity contribution is 0.104. The third kappa shape index (κ3) is 5.81. The van der Waals surface area contributed by atoms with E-state index >= 15 is 0 Å². The van der Waals surface area contributed by atoms with Gasteiger partial charge in [-0.2, -0.15) is 0 Å². The number of benzene rings is 1. The molecule has 1 saturated heterocycles. The predicted octanol–water partition coefficient (Wildman–Crippen LogP) is 5.22. The molecule has 0 N–H and O–H groups in total. The molecule has 0 unspecified atom stereocenters. The van der Waals surface area contributed by atoms with Gasteiger partial charge in [0.2, 0.25) is 0 Å². The first-order valence-corrected chi connectivity index (χ1v) is 9.77. The van der Waals surface area contributed by atoms with Gasteiger partial charge in [0.05, 0.1) is 6.61 Å². The summed E-state index contributed by atoms with van der Waals surface area (Å²) in [7, 11) is 0. The SMILES string of the molecule is CCOC(=O)N1CCC(=C(Cc2cccnc2C=O)c2cccc(Cl)c2)CC1.Cl. The lowest BCUT2D eigenvalue weighted by atomic mass is 9.88. The van der Waals surface area contributed by atoms with Gasteiger partial charge in [0.25, 0.3) is 0 Å². The molecule has 1 aliphatic heterocycles. The quantitative estimate of drug-likeness (QED) is 0.605. The number of hydrogen-bond acceptors (Lipinski definition) is 4. The van der Waals surface area contributed by atoms with E-state index in [-0.39, 0.29) is 18.5 Å². The van der Waals surface area contributed by atoms with Crippen molar-refractivity contribution in [3.63, 3.8) is 0 Å². The van der Waals surface area contributed by atoms with Crippen molar-refractivity contribution in [3.05, 3.63) is 70.0 Å². The summed E-state index contributed by atoms with van der Waals surface area (Å²) in [5.41, 5.74) is 4.78. The number of allylic oxidation sites excluding steroid dienone is 1. The number of carbonyl (C=O) groups excluding carboxylic acids is 2. The van der Waals surface area contributed by atoms with Crippen LogP contribution in [0.3, 0.4) is 0 Å². The minimum atomic E-state index is -0.263. The Morgan fingerprint density at radius 1 is 1.24 bits per heavy atom. The second-order valence-corrected chi connectivity index (χ2v) is 7.06. The van der Waals surface area contributed by atoms with Crippen molar-refractivity contribution >= 4 is 42.0 Å². The molecule has 0 saturated carbocycles. The molecule has 1 aromatic heterocycles. The Labute approximate surface area is 182 Å². The Kier molecular flexibility index (Phi) is 8.68. The van der Waals surface area contributed by atoms with Gasteiger partial charge in [0.1, 0.15) is 5.69 Å². The standard InChI is InChI=1S/C22H23ClN2O3.ClH/c1-2-28-22(27)25-11-8-16(9-12-25)20(17-5-3-7-19(23)13-17)14-18-6-4-10-24-21(18)15-26;/h3-7,10,13,15H,2,8-9,11-12,14H2,1H3;1H. The Morgan fingerprint density at radius 3 is 2.66 bits per heavy atom. The topological polar surface area (TPSA) is 59.5 Å². The lowest BCUT2D eigenvalue weighted by Crippen LogP contribution is -2.37. The van der Waals surface area contributed by atoms with Crippen molar-refractivity contribution < 1.29 is 14.3 Å². The van der Waals surface area contributed by atoms with Crippen LogP contribution < -0.4 is 0 Å². The van der Waals surface area contributed by atoms with Crippen molar-refractivity contribution in [2.75, 3.05) is 19.7 Å². The third-order valence-electron chi connectivity index (χ3n) is 4.90. The lowest BCUT2D eigenvalue weighted by Gasteiger charge is -2.29. The first kappa shape index (κ1) is 22.9. The molecule has 0 aliphatic carbocycles. The van der Waals surface area contributed by atoms with Crippen LogP contribution in [0.15, 0.2) is 48.2 Å². The van der Waals surface area contributed by atoms with E-state index in [9.17, 15) is 9.59 Å². The zero-order chi connectivity index (χ0) is 19.9. The highest BCUT2D eigenvalue weighted by Gasteiger charge is 2.23. The van der Waals surface area contributed by atoms with Crippen LogP contribution in [-0.2, 0) is 11.2 Å². The summed E-state index contributed by atoms with van der Waals surface area (Å²) < 4.78 is 5.11. The number of ether oxygens (including phenoxy) is 1. The number of aldehydes is 1. The molecule has 2 aromatic rings. The van der Waals surface area contributed by atoms with E-state index in [1.165, 1.54) is 5.57 Å². The highest BCUT2D eigenvalue weighted by Crippen LogP contribution is 2.31. The van der Waals surface area contributed by atoms with Crippen LogP contribution in [0.5, 0.6) is 0 Å². The minimum absolute atomic E-state index is 0. The Balaban J connectivity index is 0.00000300. The maximum Gasteiger partial charge on any atom is 0.409 e. The number of halogens is 2. The van der Waals surface area contributed by atoms with Gasteiger partial charge >= 0.3 is 6.09 Å². The molecule has 2 heterocycles. The van der Waals surface area contributed by atoms with Crippen LogP contribution in [0.2, 0.25) is 5.02 Å². The van der Waals surface area contributed by atoms with Gasteiger partial charge in [-0.05, 0) is 54.7 Å². The van der Waals surface area contributed by atoms with Crippen molar-refractivity contribution in [2.45, 2.75) is 26.2 Å². The number of rotatable bonds is 5. The Hall–Kier alpha value is -2.37. The first-order chi connectivity index (χ1) is 13.6. The monoisotopic (exact) mass is 434 g/mol. The molecule has 5 nitrogen and oxygen atoms in total. The number of amides is 1. The fourth-order valence-electron chi connectivity index (χ4n) is 3.48. The number of piperidine rings is 1. The van der Waals surface area contributed by atoms with Gasteiger partial charge in [-0.3, -0.25) is 9.78 Å². The second-order valence-electron chi connectivity index (χ2n) is 6.62. The van der Waals surface area contributed by atoms with E-state index in [1.54, 1.807) is 11.1 Å². The molecule has 29 heavy (non-hydrogen) atoms. The average Bonchev–Trinajstić information content (AvgIpc) is 2.72. The van der Waals surface area contributed by atoms with Gasteiger partial charge in [0, 0.05) is 30.7 Å². The maximum absolute atomic E-state index is 12.0. The second kappa shape index (κ2) is 11.0. The van der Waals surface area contributed by atoms with Crippen LogP contribution in [0.25, 0.3) is 5.57 Å². The molecule has 7 heteroatoms. The maximum atomic E-state index is 12.0. The number of pyridine rings is 1. The summed E-state index contributed by atoms with van der Waals surface area (Å²) in [5, 5.41) is 0.668. The first-order valence-electron chi connectivity index (χ1n) is 9.40. The Bertz CT molecular complexity index is 889. The molecule has 0 radical (unpaired) electrons. The van der Waals surface area contributed by atoms with Crippen LogP contribution in [0.1, 0.15) is 41.4 Å². The molecule has 0 bridgehead atoms. The number of aromatic nitrogens is 1. The van der Waals surface area contributed by atoms with Crippen LogP contribution >= 0.6 is 24.0 Å². The van der Waals surface area contributed by atoms with Crippen molar-refractivity contribution in [2.24, 2.45) is 0 Å². The minimum Gasteiger partial charge on any atom is -0.450 e. The van der Waals surface area contributed by atoms with E-state index in [1.807, 2.05) is 43.3 Å². The molecule has 154 valence electrons. The van der Waals surface area contributed by atoms with Crippen molar-refractivity contribution in [3.8, 4) is 0 Å². The van der Waals surface area contributed by atoms with E-state index in [4.69, 9.17) is 16.3 Å². The molecule has 1 amide bonds. The summed E-state index contributed by atoms with van der Waals surface area (Å²) >= 11 is 6.23. The highest BCUT2D eigenvalue weighted by molar-refractivity contribution is 6.30. The fraction of sp³-hybridized carbons (Fsp3) is 0.318. The summed E-state index contributed by atoms with van der Waals surface area (Å²) in [6.45, 7) is 3.42. The van der Waals surface area contributed by atoms with Gasteiger partial charge < -0.3 is 9.64 Å². The van der Waals surface area contributed by atoms with Gasteiger partial charge in [0.15, 0.2) is 6.29 Å². The van der Waals surface area contributed by atoms with Crippen LogP contribution in [0.4, 0.5) is 4.79 Å². The molecule has 0 spiro atoms. The van der Waals surface area contributed by atoms with Gasteiger partial charge in [-0.15, -0.1) is 12.4 Å². The number of likely N-dealkylation sites (tertiary alicyclic amines) is 1. The molecule has 1 fully saturated rings. The van der Waals surface area contributed by atoms with E-state index in [0.29, 0.717) is 36.8 Å². The fourth-order valence-corrected chi connectivity index (χ4v) is 3.67.